The number of ether oxygens (including phenoxy) is 3. The first-order valence-electron chi connectivity index (χ1n) is 11.3. The van der Waals surface area contributed by atoms with Crippen molar-refractivity contribution >= 4 is 51.3 Å². The summed E-state index contributed by atoms with van der Waals surface area (Å²) in [6.07, 6.45) is 6.41. The summed E-state index contributed by atoms with van der Waals surface area (Å²) in [5, 5.41) is 12.8. The van der Waals surface area contributed by atoms with Gasteiger partial charge < -0.3 is 24.3 Å². The number of aromatic nitrogens is 1. The quantitative estimate of drug-likeness (QED) is 0.104. The van der Waals surface area contributed by atoms with E-state index >= 15 is 0 Å². The lowest BCUT2D eigenvalue weighted by atomic mass is 10.1. The molecule has 0 aliphatic heterocycles. The van der Waals surface area contributed by atoms with Gasteiger partial charge in [-0.1, -0.05) is 12.2 Å². The minimum atomic E-state index is -0.686. The van der Waals surface area contributed by atoms with Crippen LogP contribution >= 0.6 is 11.3 Å². The van der Waals surface area contributed by atoms with Crippen LogP contribution in [0.1, 0.15) is 38.1 Å². The molecule has 0 aliphatic carbocycles. The molecule has 0 saturated heterocycles. The minimum absolute atomic E-state index is 0.142. The van der Waals surface area contributed by atoms with Crippen LogP contribution in [0.4, 0.5) is 16.4 Å². The molecule has 1 aromatic carbocycles. The fraction of sp³-hybridized carbons (Fsp3) is 0.308. The van der Waals surface area contributed by atoms with Crippen LogP contribution in [0.5, 0.6) is 5.75 Å². The first-order valence-corrected chi connectivity index (χ1v) is 12.1. The number of thiophene rings is 1. The van der Waals surface area contributed by atoms with E-state index in [0.717, 1.165) is 20.7 Å². The van der Waals surface area contributed by atoms with Crippen LogP contribution < -0.4 is 9.64 Å². The molecule has 0 radical (unpaired) electrons. The molecular weight excluding hydrogens is 482 g/mol. The molecule has 0 unspecified atom stereocenters. The van der Waals surface area contributed by atoms with Crippen molar-refractivity contribution in [1.82, 2.24) is 4.98 Å². The molecule has 9 nitrogen and oxygen atoms in total. The lowest BCUT2D eigenvalue weighted by Crippen LogP contribution is -2.46. The highest BCUT2D eigenvalue weighted by atomic mass is 32.1. The number of carbonyl (C=O) groups excluding carboxylic acids is 1. The number of anilines is 1. The second-order valence-corrected chi connectivity index (χ2v) is 9.75. The maximum Gasteiger partial charge on any atom is 0.417 e. The number of nitro groups is 1. The number of hydrogen-bond donors (Lipinski definition) is 0. The Morgan fingerprint density at radius 2 is 1.92 bits per heavy atom. The van der Waals surface area contributed by atoms with Crippen molar-refractivity contribution < 1.29 is 23.9 Å². The molecule has 0 aliphatic rings. The van der Waals surface area contributed by atoms with Crippen molar-refractivity contribution in [3.63, 3.8) is 0 Å². The van der Waals surface area contributed by atoms with E-state index in [2.05, 4.69) is 11.1 Å². The first kappa shape index (κ1) is 26.8. The predicted octanol–water partition coefficient (Wildman–Crippen LogP) is 6.68. The van der Waals surface area contributed by atoms with E-state index in [4.69, 9.17) is 14.2 Å². The van der Waals surface area contributed by atoms with Gasteiger partial charge in [-0.05, 0) is 85.5 Å². The monoisotopic (exact) mass is 511 g/mol. The second kappa shape index (κ2) is 11.8. The Morgan fingerprint density at radius 1 is 1.17 bits per heavy atom. The summed E-state index contributed by atoms with van der Waals surface area (Å²) in [5.41, 5.74) is -0.367. The largest absolute Gasteiger partial charge is 0.468 e. The van der Waals surface area contributed by atoms with Gasteiger partial charge in [0.2, 0.25) is 0 Å². The first-order chi connectivity index (χ1) is 17.1. The topological polar surface area (TPSA) is 104 Å². The fourth-order valence-electron chi connectivity index (χ4n) is 3.36. The third kappa shape index (κ3) is 6.67. The second-order valence-electron chi connectivity index (χ2n) is 8.64. The third-order valence-corrected chi connectivity index (χ3v) is 6.05. The molecule has 3 aromatic rings. The van der Waals surface area contributed by atoms with Gasteiger partial charge in [-0.2, -0.15) is 0 Å². The van der Waals surface area contributed by atoms with Crippen molar-refractivity contribution in [2.75, 3.05) is 25.4 Å². The van der Waals surface area contributed by atoms with E-state index in [1.54, 1.807) is 56.4 Å². The van der Waals surface area contributed by atoms with Crippen LogP contribution in [0.25, 0.3) is 22.2 Å². The molecule has 0 atom stereocenters. The van der Waals surface area contributed by atoms with Crippen LogP contribution in [0.3, 0.4) is 0 Å². The number of carbonyl (C=O) groups is 1. The highest BCUT2D eigenvalue weighted by Gasteiger charge is 2.34. The van der Waals surface area contributed by atoms with Crippen LogP contribution in [0, 0.1) is 10.1 Å². The highest BCUT2D eigenvalue weighted by molar-refractivity contribution is 7.19. The van der Waals surface area contributed by atoms with Crippen LogP contribution in [-0.2, 0) is 9.47 Å². The normalized spacial score (nSPS) is 11.9. The Labute approximate surface area is 213 Å². The Kier molecular flexibility index (Phi) is 8.78. The summed E-state index contributed by atoms with van der Waals surface area (Å²) in [4.78, 5) is 29.8. The Balaban J connectivity index is 1.79. The molecule has 0 bridgehead atoms. The van der Waals surface area contributed by atoms with Crippen molar-refractivity contribution in [3.8, 4) is 5.75 Å². The van der Waals surface area contributed by atoms with E-state index in [1.807, 2.05) is 37.3 Å². The molecule has 0 saturated carbocycles. The standard InChI is InChI=1S/C26H29N3O6S/c1-6-34-17-35-20-13-11-19-15-21(36-22(19)16-20)10-8-7-9-18-12-14-23(27-24(18)29(31)32)28(25(30)33-5)26(2,3)4/h7-16H,6,17H2,1-5H3/b9-7+,10-8+. The van der Waals surface area contributed by atoms with Gasteiger partial charge in [0.25, 0.3) is 5.82 Å². The Bertz CT molecular complexity index is 1290. The van der Waals surface area contributed by atoms with Gasteiger partial charge in [-0.25, -0.2) is 9.69 Å². The number of methoxy groups -OCH3 is 1. The number of rotatable bonds is 9. The van der Waals surface area contributed by atoms with Gasteiger partial charge >= 0.3 is 11.9 Å². The van der Waals surface area contributed by atoms with Crippen LogP contribution in [-0.4, -0.2) is 42.0 Å². The zero-order valence-corrected chi connectivity index (χ0v) is 21.7. The predicted molar refractivity (Wildman–Crippen MR) is 143 cm³/mol. The Hall–Kier alpha value is -3.76. The Morgan fingerprint density at radius 3 is 2.58 bits per heavy atom. The molecule has 1 amide bonds. The summed E-state index contributed by atoms with van der Waals surface area (Å²) in [7, 11) is 1.25. The zero-order valence-electron chi connectivity index (χ0n) is 20.9. The molecule has 0 fully saturated rings. The van der Waals surface area contributed by atoms with E-state index in [9.17, 15) is 14.9 Å². The van der Waals surface area contributed by atoms with Gasteiger partial charge in [0, 0.05) is 27.8 Å². The zero-order chi connectivity index (χ0) is 26.3. The number of amides is 1. The smallest absolute Gasteiger partial charge is 0.417 e. The van der Waals surface area contributed by atoms with Crippen LogP contribution in [0.2, 0.25) is 0 Å². The molecule has 36 heavy (non-hydrogen) atoms. The highest BCUT2D eigenvalue weighted by Crippen LogP contribution is 2.31. The molecule has 3 rings (SSSR count). The fourth-order valence-corrected chi connectivity index (χ4v) is 4.37. The lowest BCUT2D eigenvalue weighted by Gasteiger charge is -2.31. The average Bonchev–Trinajstić information content (AvgIpc) is 3.23. The van der Waals surface area contributed by atoms with Crippen molar-refractivity contribution in [2.24, 2.45) is 0 Å². The van der Waals surface area contributed by atoms with Crippen LogP contribution in [0.15, 0.2) is 48.6 Å². The number of nitrogens with zero attached hydrogens (tertiary/aromatic N) is 3. The minimum Gasteiger partial charge on any atom is -0.468 e. The van der Waals surface area contributed by atoms with E-state index in [1.165, 1.54) is 12.0 Å². The van der Waals surface area contributed by atoms with Gasteiger partial charge in [0.05, 0.1) is 12.7 Å². The van der Waals surface area contributed by atoms with E-state index in [0.29, 0.717) is 12.2 Å². The molecule has 190 valence electrons. The maximum atomic E-state index is 12.3. The molecule has 2 heterocycles. The molecule has 0 spiro atoms. The SMILES string of the molecule is CCOCOc1ccc2cc(/C=C/C=C/c3ccc(N(C(=O)OC)C(C)(C)C)nc3[N+](=O)[O-])sc2c1. The lowest BCUT2D eigenvalue weighted by molar-refractivity contribution is -0.389. The molecule has 0 N–H and O–H groups in total. The van der Waals surface area contributed by atoms with E-state index < -0.39 is 16.6 Å². The van der Waals surface area contributed by atoms with Crippen molar-refractivity contribution in [1.29, 1.82) is 0 Å². The number of benzene rings is 1. The van der Waals surface area contributed by atoms with Gasteiger partial charge in [0.15, 0.2) is 6.79 Å². The van der Waals surface area contributed by atoms with Gasteiger partial charge in [-0.3, -0.25) is 0 Å². The van der Waals surface area contributed by atoms with Crippen molar-refractivity contribution in [2.45, 2.75) is 33.2 Å². The van der Waals surface area contributed by atoms with Gasteiger partial charge in [0.1, 0.15) is 5.75 Å². The number of allylic oxidation sites excluding steroid dienone is 2. The summed E-state index contributed by atoms with van der Waals surface area (Å²) in [5.74, 6) is 0.536. The summed E-state index contributed by atoms with van der Waals surface area (Å²) in [6.45, 7) is 8.09. The molecule has 10 heteroatoms. The number of pyridine rings is 1. The molecular formula is C26H29N3O6S. The number of hydrogen-bond acceptors (Lipinski definition) is 8. The number of fused-ring (bicyclic) bond motifs is 1. The van der Waals surface area contributed by atoms with E-state index in [-0.39, 0.29) is 18.4 Å². The average molecular weight is 512 g/mol. The summed E-state index contributed by atoms with van der Waals surface area (Å²) in [6, 6.07) is 11.1. The maximum absolute atomic E-state index is 12.3. The molecule has 2 aromatic heterocycles. The third-order valence-electron chi connectivity index (χ3n) is 4.99. The summed E-state index contributed by atoms with van der Waals surface area (Å²) < 4.78 is 16.7. The van der Waals surface area contributed by atoms with Crippen molar-refractivity contribution in [3.05, 3.63) is 69.1 Å². The van der Waals surface area contributed by atoms with Gasteiger partial charge in [-0.15, -0.1) is 11.3 Å². The summed E-state index contributed by atoms with van der Waals surface area (Å²) >= 11 is 1.61.